The van der Waals surface area contributed by atoms with Crippen LogP contribution in [-0.4, -0.2) is 40.4 Å². The molecule has 1 aliphatic rings. The lowest BCUT2D eigenvalue weighted by molar-refractivity contribution is 0.0946. The number of para-hydroxylation sites is 1. The number of carbonyl (C=O) groups excluding carboxylic acids is 1. The van der Waals surface area contributed by atoms with Gasteiger partial charge in [-0.3, -0.25) is 4.79 Å². The standard InChI is InChI=1S/C19H21NO5/c1-22-16-9-8-14(17(23-2)18(16)24-3)19(21)20-10-12-11-25-15-7-5-4-6-13(12)15/h4-9,12H,10-11H2,1-3H3,(H,20,21)/t12-/m1/s1. The Bertz CT molecular complexity index is 774. The van der Waals surface area contributed by atoms with E-state index >= 15 is 0 Å². The highest BCUT2D eigenvalue weighted by atomic mass is 16.5. The number of methoxy groups -OCH3 is 3. The summed E-state index contributed by atoms with van der Waals surface area (Å²) in [5.41, 5.74) is 1.51. The first-order chi connectivity index (χ1) is 12.2. The van der Waals surface area contributed by atoms with Crippen molar-refractivity contribution < 1.29 is 23.7 Å². The van der Waals surface area contributed by atoms with E-state index in [1.807, 2.05) is 24.3 Å². The fourth-order valence-electron chi connectivity index (χ4n) is 2.99. The number of hydrogen-bond acceptors (Lipinski definition) is 5. The molecule has 1 aliphatic heterocycles. The zero-order valence-electron chi connectivity index (χ0n) is 14.5. The summed E-state index contributed by atoms with van der Waals surface area (Å²) in [6, 6.07) is 11.2. The van der Waals surface area contributed by atoms with Gasteiger partial charge in [-0.05, 0) is 18.2 Å². The van der Waals surface area contributed by atoms with E-state index in [2.05, 4.69) is 5.32 Å². The van der Waals surface area contributed by atoms with E-state index in [0.717, 1.165) is 11.3 Å². The van der Waals surface area contributed by atoms with Crippen molar-refractivity contribution in [3.63, 3.8) is 0 Å². The van der Waals surface area contributed by atoms with E-state index in [1.165, 1.54) is 21.3 Å². The quantitative estimate of drug-likeness (QED) is 0.873. The topological polar surface area (TPSA) is 66.0 Å². The molecule has 0 aliphatic carbocycles. The molecule has 6 nitrogen and oxygen atoms in total. The summed E-state index contributed by atoms with van der Waals surface area (Å²) in [7, 11) is 4.54. The largest absolute Gasteiger partial charge is 0.493 e. The van der Waals surface area contributed by atoms with Crippen molar-refractivity contribution in [2.24, 2.45) is 0 Å². The lowest BCUT2D eigenvalue weighted by Gasteiger charge is -2.16. The number of hydrogen-bond donors (Lipinski definition) is 1. The fourth-order valence-corrected chi connectivity index (χ4v) is 2.99. The van der Waals surface area contributed by atoms with Gasteiger partial charge in [0.25, 0.3) is 5.91 Å². The second-order valence-electron chi connectivity index (χ2n) is 5.64. The molecule has 6 heteroatoms. The maximum atomic E-state index is 12.6. The SMILES string of the molecule is COc1ccc(C(=O)NC[C@@H]2COc3ccccc32)c(OC)c1OC. The predicted octanol–water partition coefficient (Wildman–Crippen LogP) is 2.62. The Morgan fingerprint density at radius 2 is 1.84 bits per heavy atom. The van der Waals surface area contributed by atoms with Crippen LogP contribution in [0.4, 0.5) is 0 Å². The van der Waals surface area contributed by atoms with Crippen molar-refractivity contribution >= 4 is 5.91 Å². The van der Waals surface area contributed by atoms with Crippen LogP contribution in [0.1, 0.15) is 21.8 Å². The zero-order valence-corrected chi connectivity index (χ0v) is 14.5. The summed E-state index contributed by atoms with van der Waals surface area (Å²) >= 11 is 0. The Kier molecular flexibility index (Phi) is 4.97. The van der Waals surface area contributed by atoms with Gasteiger partial charge in [0.2, 0.25) is 5.75 Å². The molecule has 0 fully saturated rings. The Labute approximate surface area is 146 Å². The number of nitrogens with one attached hydrogen (secondary N) is 1. The summed E-state index contributed by atoms with van der Waals surface area (Å²) in [4.78, 5) is 12.6. The van der Waals surface area contributed by atoms with Gasteiger partial charge in [0.15, 0.2) is 11.5 Å². The molecule has 0 bridgehead atoms. The van der Waals surface area contributed by atoms with Crippen molar-refractivity contribution in [3.05, 3.63) is 47.5 Å². The summed E-state index contributed by atoms with van der Waals surface area (Å²) < 4.78 is 21.6. The molecule has 0 saturated carbocycles. The van der Waals surface area contributed by atoms with Crippen LogP contribution in [0.3, 0.4) is 0 Å². The van der Waals surface area contributed by atoms with Gasteiger partial charge in [0.05, 0.1) is 33.5 Å². The Balaban J connectivity index is 1.76. The lowest BCUT2D eigenvalue weighted by atomic mass is 10.0. The van der Waals surface area contributed by atoms with Gasteiger partial charge in [-0.15, -0.1) is 0 Å². The molecule has 1 atom stereocenters. The van der Waals surface area contributed by atoms with Crippen molar-refractivity contribution in [1.29, 1.82) is 0 Å². The molecule has 25 heavy (non-hydrogen) atoms. The molecule has 2 aromatic carbocycles. The van der Waals surface area contributed by atoms with Crippen molar-refractivity contribution in [1.82, 2.24) is 5.32 Å². The minimum Gasteiger partial charge on any atom is -0.493 e. The second-order valence-corrected chi connectivity index (χ2v) is 5.64. The van der Waals surface area contributed by atoms with Gasteiger partial charge in [0.1, 0.15) is 5.75 Å². The van der Waals surface area contributed by atoms with Gasteiger partial charge >= 0.3 is 0 Å². The molecule has 0 saturated heterocycles. The number of rotatable bonds is 6. The third kappa shape index (κ3) is 3.20. The van der Waals surface area contributed by atoms with E-state index in [0.29, 0.717) is 36.0 Å². The van der Waals surface area contributed by atoms with Crippen LogP contribution in [-0.2, 0) is 0 Å². The predicted molar refractivity (Wildman–Crippen MR) is 93.1 cm³/mol. The van der Waals surface area contributed by atoms with Gasteiger partial charge < -0.3 is 24.3 Å². The highest BCUT2D eigenvalue weighted by molar-refractivity contribution is 5.98. The normalized spacial score (nSPS) is 15.1. The van der Waals surface area contributed by atoms with E-state index in [-0.39, 0.29) is 11.8 Å². The maximum Gasteiger partial charge on any atom is 0.255 e. The number of fused-ring (bicyclic) bond motifs is 1. The fraction of sp³-hybridized carbons (Fsp3) is 0.316. The highest BCUT2D eigenvalue weighted by Gasteiger charge is 2.25. The summed E-state index contributed by atoms with van der Waals surface area (Å²) in [5.74, 6) is 2.03. The van der Waals surface area contributed by atoms with E-state index in [9.17, 15) is 4.79 Å². The number of carbonyl (C=O) groups is 1. The monoisotopic (exact) mass is 343 g/mol. The minimum atomic E-state index is -0.234. The molecular formula is C19H21NO5. The van der Waals surface area contributed by atoms with Crippen LogP contribution >= 0.6 is 0 Å². The van der Waals surface area contributed by atoms with Crippen molar-refractivity contribution in [2.75, 3.05) is 34.5 Å². The van der Waals surface area contributed by atoms with Crippen molar-refractivity contribution in [2.45, 2.75) is 5.92 Å². The van der Waals surface area contributed by atoms with Crippen LogP contribution in [0.25, 0.3) is 0 Å². The molecule has 2 aromatic rings. The van der Waals surface area contributed by atoms with Crippen LogP contribution in [0.2, 0.25) is 0 Å². The molecule has 0 aromatic heterocycles. The smallest absolute Gasteiger partial charge is 0.255 e. The third-order valence-corrected chi connectivity index (χ3v) is 4.26. The molecule has 1 amide bonds. The maximum absolute atomic E-state index is 12.6. The first-order valence-corrected chi connectivity index (χ1v) is 7.98. The second kappa shape index (κ2) is 7.34. The zero-order chi connectivity index (χ0) is 17.8. The van der Waals surface area contributed by atoms with Gasteiger partial charge in [0, 0.05) is 18.0 Å². The first-order valence-electron chi connectivity index (χ1n) is 7.98. The molecular weight excluding hydrogens is 322 g/mol. The number of amides is 1. The van der Waals surface area contributed by atoms with E-state index < -0.39 is 0 Å². The highest BCUT2D eigenvalue weighted by Crippen LogP contribution is 2.39. The van der Waals surface area contributed by atoms with E-state index in [1.54, 1.807) is 12.1 Å². The summed E-state index contributed by atoms with van der Waals surface area (Å²) in [6.07, 6.45) is 0. The molecule has 0 radical (unpaired) electrons. The lowest BCUT2D eigenvalue weighted by Crippen LogP contribution is -2.29. The van der Waals surface area contributed by atoms with Crippen molar-refractivity contribution in [3.8, 4) is 23.0 Å². The van der Waals surface area contributed by atoms with Gasteiger partial charge in [-0.25, -0.2) is 0 Å². The van der Waals surface area contributed by atoms with Crippen LogP contribution < -0.4 is 24.3 Å². The minimum absolute atomic E-state index is 0.131. The van der Waals surface area contributed by atoms with E-state index in [4.69, 9.17) is 18.9 Å². The average molecular weight is 343 g/mol. The molecule has 1 heterocycles. The van der Waals surface area contributed by atoms with Gasteiger partial charge in [-0.1, -0.05) is 18.2 Å². The van der Waals surface area contributed by atoms with Crippen LogP contribution in [0.5, 0.6) is 23.0 Å². The molecule has 0 unspecified atom stereocenters. The molecule has 0 spiro atoms. The van der Waals surface area contributed by atoms with Gasteiger partial charge in [-0.2, -0.15) is 0 Å². The van der Waals surface area contributed by atoms with Crippen LogP contribution in [0, 0.1) is 0 Å². The Hall–Kier alpha value is -2.89. The molecule has 132 valence electrons. The third-order valence-electron chi connectivity index (χ3n) is 4.26. The Morgan fingerprint density at radius 1 is 1.08 bits per heavy atom. The van der Waals surface area contributed by atoms with Crippen LogP contribution in [0.15, 0.2) is 36.4 Å². The first kappa shape index (κ1) is 17.0. The molecule has 3 rings (SSSR count). The number of benzene rings is 2. The Morgan fingerprint density at radius 3 is 2.56 bits per heavy atom. The summed E-state index contributed by atoms with van der Waals surface area (Å²) in [6.45, 7) is 1.04. The molecule has 1 N–H and O–H groups in total. The average Bonchev–Trinajstić information content (AvgIpc) is 3.07. The summed E-state index contributed by atoms with van der Waals surface area (Å²) in [5, 5.41) is 2.95. The number of ether oxygens (including phenoxy) is 4.